The standard InChI is InChI=1S/C5H15N3/c1-3-4-8(7)5(2)6/h5H,3-4,6-7H2,1-2H3. The van der Waals surface area contributed by atoms with E-state index in [0.717, 1.165) is 13.0 Å². The van der Waals surface area contributed by atoms with Crippen LogP contribution in [0.3, 0.4) is 0 Å². The van der Waals surface area contributed by atoms with E-state index >= 15 is 0 Å². The third-order valence-corrected chi connectivity index (χ3v) is 1.00. The molecule has 4 N–H and O–H groups in total. The third kappa shape index (κ3) is 2.96. The van der Waals surface area contributed by atoms with Crippen molar-refractivity contribution in [2.24, 2.45) is 11.6 Å². The van der Waals surface area contributed by atoms with Gasteiger partial charge in [-0.15, -0.1) is 0 Å². The third-order valence-electron chi connectivity index (χ3n) is 1.00. The Morgan fingerprint density at radius 1 is 1.62 bits per heavy atom. The fourth-order valence-electron chi connectivity index (χ4n) is 0.462. The molecule has 0 aromatic rings. The van der Waals surface area contributed by atoms with Crippen molar-refractivity contribution in [1.29, 1.82) is 0 Å². The van der Waals surface area contributed by atoms with Gasteiger partial charge in [0.2, 0.25) is 0 Å². The van der Waals surface area contributed by atoms with Crippen molar-refractivity contribution in [3.8, 4) is 0 Å². The minimum Gasteiger partial charge on any atom is -0.315 e. The van der Waals surface area contributed by atoms with E-state index in [4.69, 9.17) is 11.6 Å². The van der Waals surface area contributed by atoms with Crippen molar-refractivity contribution in [3.05, 3.63) is 0 Å². The molecule has 1 atom stereocenters. The SMILES string of the molecule is CCCN(N)C(C)N. The zero-order valence-corrected chi connectivity index (χ0v) is 5.59. The maximum Gasteiger partial charge on any atom is 0.0676 e. The highest BCUT2D eigenvalue weighted by Crippen LogP contribution is 1.84. The van der Waals surface area contributed by atoms with Gasteiger partial charge in [0.1, 0.15) is 0 Å². The maximum atomic E-state index is 5.44. The van der Waals surface area contributed by atoms with Gasteiger partial charge in [0.15, 0.2) is 0 Å². The van der Waals surface area contributed by atoms with E-state index in [1.807, 2.05) is 6.92 Å². The maximum absolute atomic E-state index is 5.44. The first-order chi connectivity index (χ1) is 3.68. The summed E-state index contributed by atoms with van der Waals surface area (Å²) >= 11 is 0. The van der Waals surface area contributed by atoms with Gasteiger partial charge in [-0.05, 0) is 13.3 Å². The lowest BCUT2D eigenvalue weighted by molar-refractivity contribution is 0.219. The number of hydrazine groups is 1. The first-order valence-electron chi connectivity index (χ1n) is 2.95. The van der Waals surface area contributed by atoms with Gasteiger partial charge < -0.3 is 5.73 Å². The molecular weight excluding hydrogens is 102 g/mol. The molecule has 0 aromatic carbocycles. The lowest BCUT2D eigenvalue weighted by atomic mass is 10.4. The van der Waals surface area contributed by atoms with Gasteiger partial charge in [0, 0.05) is 6.54 Å². The topological polar surface area (TPSA) is 55.3 Å². The Balaban J connectivity index is 3.17. The molecule has 3 heteroatoms. The van der Waals surface area contributed by atoms with E-state index in [0.29, 0.717) is 0 Å². The van der Waals surface area contributed by atoms with E-state index in [2.05, 4.69) is 6.92 Å². The van der Waals surface area contributed by atoms with Crippen LogP contribution in [0.2, 0.25) is 0 Å². The van der Waals surface area contributed by atoms with Crippen molar-refractivity contribution in [3.63, 3.8) is 0 Å². The van der Waals surface area contributed by atoms with Crippen LogP contribution in [0.15, 0.2) is 0 Å². The predicted molar refractivity (Wildman–Crippen MR) is 34.8 cm³/mol. The number of nitrogens with two attached hydrogens (primary N) is 2. The summed E-state index contributed by atoms with van der Waals surface area (Å²) in [6, 6.07) is 0. The Hall–Kier alpha value is -0.120. The Labute approximate surface area is 50.6 Å². The second-order valence-electron chi connectivity index (χ2n) is 1.98. The minimum atomic E-state index is -0.0186. The van der Waals surface area contributed by atoms with Crippen LogP contribution in [0.25, 0.3) is 0 Å². The van der Waals surface area contributed by atoms with Gasteiger partial charge in [0.25, 0.3) is 0 Å². The van der Waals surface area contributed by atoms with Gasteiger partial charge >= 0.3 is 0 Å². The normalized spacial score (nSPS) is 14.6. The van der Waals surface area contributed by atoms with Gasteiger partial charge in [-0.25, -0.2) is 5.01 Å². The number of rotatable bonds is 3. The average Bonchev–Trinajstić information content (AvgIpc) is 1.67. The smallest absolute Gasteiger partial charge is 0.0676 e. The highest BCUT2D eigenvalue weighted by molar-refractivity contribution is 4.49. The van der Waals surface area contributed by atoms with E-state index in [1.54, 1.807) is 5.01 Å². The lowest BCUT2D eigenvalue weighted by Crippen LogP contribution is -2.44. The molecule has 0 aliphatic rings. The van der Waals surface area contributed by atoms with E-state index in [-0.39, 0.29) is 6.17 Å². The van der Waals surface area contributed by atoms with Crippen molar-refractivity contribution < 1.29 is 0 Å². The van der Waals surface area contributed by atoms with Gasteiger partial charge in [-0.2, -0.15) is 0 Å². The van der Waals surface area contributed by atoms with Crippen LogP contribution in [0, 0.1) is 0 Å². The molecule has 3 nitrogen and oxygen atoms in total. The predicted octanol–water partition coefficient (Wildman–Crippen LogP) is -0.123. The summed E-state index contributed by atoms with van der Waals surface area (Å²) in [5.41, 5.74) is 5.42. The van der Waals surface area contributed by atoms with Crippen molar-refractivity contribution >= 4 is 0 Å². The molecule has 0 aliphatic heterocycles. The molecule has 0 fully saturated rings. The largest absolute Gasteiger partial charge is 0.315 e. The van der Waals surface area contributed by atoms with Crippen LogP contribution in [0.1, 0.15) is 20.3 Å². The summed E-state index contributed by atoms with van der Waals surface area (Å²) in [5.74, 6) is 5.44. The molecule has 0 saturated heterocycles. The first kappa shape index (κ1) is 7.88. The zero-order valence-electron chi connectivity index (χ0n) is 5.59. The van der Waals surface area contributed by atoms with Crippen molar-refractivity contribution in [1.82, 2.24) is 5.01 Å². The molecule has 0 heterocycles. The quantitative estimate of drug-likeness (QED) is 0.308. The van der Waals surface area contributed by atoms with Gasteiger partial charge in [-0.3, -0.25) is 5.84 Å². The number of hydrogen-bond acceptors (Lipinski definition) is 3. The highest BCUT2D eigenvalue weighted by atomic mass is 15.4. The monoisotopic (exact) mass is 117 g/mol. The highest BCUT2D eigenvalue weighted by Gasteiger charge is 1.99. The van der Waals surface area contributed by atoms with E-state index in [1.165, 1.54) is 0 Å². The molecule has 0 radical (unpaired) electrons. The Bertz CT molecular complexity index is 53.6. The van der Waals surface area contributed by atoms with Crippen LogP contribution in [-0.4, -0.2) is 17.7 Å². The van der Waals surface area contributed by atoms with Crippen molar-refractivity contribution in [2.45, 2.75) is 26.4 Å². The zero-order chi connectivity index (χ0) is 6.57. The second kappa shape index (κ2) is 3.83. The minimum absolute atomic E-state index is 0.0186. The summed E-state index contributed by atoms with van der Waals surface area (Å²) in [4.78, 5) is 0. The Morgan fingerprint density at radius 3 is 2.25 bits per heavy atom. The fourth-order valence-corrected chi connectivity index (χ4v) is 0.462. The molecule has 0 rings (SSSR count). The van der Waals surface area contributed by atoms with E-state index in [9.17, 15) is 0 Å². The number of hydrogen-bond donors (Lipinski definition) is 2. The van der Waals surface area contributed by atoms with Gasteiger partial charge in [-0.1, -0.05) is 6.92 Å². The van der Waals surface area contributed by atoms with Crippen LogP contribution in [0.5, 0.6) is 0 Å². The van der Waals surface area contributed by atoms with Crippen LogP contribution in [-0.2, 0) is 0 Å². The first-order valence-corrected chi connectivity index (χ1v) is 2.95. The molecule has 50 valence electrons. The molecule has 0 amide bonds. The van der Waals surface area contributed by atoms with Crippen LogP contribution >= 0.6 is 0 Å². The molecule has 0 spiro atoms. The molecule has 1 unspecified atom stereocenters. The molecule has 0 bridgehead atoms. The molecular formula is C5H15N3. The summed E-state index contributed by atoms with van der Waals surface area (Å²) in [6.45, 7) is 4.82. The number of nitrogens with zero attached hydrogens (tertiary/aromatic N) is 1. The molecule has 0 saturated carbocycles. The molecule has 8 heavy (non-hydrogen) atoms. The van der Waals surface area contributed by atoms with E-state index < -0.39 is 0 Å². The lowest BCUT2D eigenvalue weighted by Gasteiger charge is -2.18. The summed E-state index contributed by atoms with van der Waals surface area (Å²) in [7, 11) is 0. The molecule has 0 aromatic heterocycles. The fraction of sp³-hybridized carbons (Fsp3) is 1.00. The molecule has 0 aliphatic carbocycles. The second-order valence-corrected chi connectivity index (χ2v) is 1.98. The van der Waals surface area contributed by atoms with Crippen molar-refractivity contribution in [2.75, 3.05) is 6.54 Å². The summed E-state index contributed by atoms with van der Waals surface area (Å²) in [6.07, 6.45) is 1.04. The van der Waals surface area contributed by atoms with Crippen LogP contribution < -0.4 is 11.6 Å². The van der Waals surface area contributed by atoms with Gasteiger partial charge in [0.05, 0.1) is 6.17 Å². The average molecular weight is 117 g/mol. The Kier molecular flexibility index (Phi) is 3.77. The Morgan fingerprint density at radius 2 is 2.12 bits per heavy atom. The summed E-state index contributed by atoms with van der Waals surface area (Å²) < 4.78 is 0. The summed E-state index contributed by atoms with van der Waals surface area (Å²) in [5, 5.41) is 1.62. The van der Waals surface area contributed by atoms with Crippen LogP contribution in [0.4, 0.5) is 0 Å².